The average Bonchev–Trinajstić information content (AvgIpc) is 2.98. The number of aryl methyl sites for hydroxylation is 1. The van der Waals surface area contributed by atoms with Crippen molar-refractivity contribution >= 4 is 0 Å². The predicted octanol–water partition coefficient (Wildman–Crippen LogP) is 1.70. The number of aromatic nitrogens is 4. The summed E-state index contributed by atoms with van der Waals surface area (Å²) < 4.78 is 0. The zero-order valence-electron chi connectivity index (χ0n) is 11.8. The van der Waals surface area contributed by atoms with Crippen LogP contribution in [0.1, 0.15) is 51.8 Å². The molecule has 1 aromatic rings. The Bertz CT molecular complexity index is 367. The number of nitrogens with zero attached hydrogens (tertiary/aromatic N) is 4. The van der Waals surface area contributed by atoms with Gasteiger partial charge in [0.1, 0.15) is 0 Å². The average molecular weight is 251 g/mol. The summed E-state index contributed by atoms with van der Waals surface area (Å²) in [6, 6.07) is 0.485. The highest BCUT2D eigenvalue weighted by atomic mass is 15.6. The van der Waals surface area contributed by atoms with Crippen LogP contribution in [0.15, 0.2) is 0 Å². The van der Waals surface area contributed by atoms with Gasteiger partial charge in [0.15, 0.2) is 5.82 Å². The van der Waals surface area contributed by atoms with Crippen LogP contribution < -0.4 is 5.32 Å². The molecule has 102 valence electrons. The second-order valence-electron chi connectivity index (χ2n) is 5.43. The van der Waals surface area contributed by atoms with E-state index in [-0.39, 0.29) is 0 Å². The molecule has 5 nitrogen and oxygen atoms in total. The minimum Gasteiger partial charge on any atom is -0.313 e. The zero-order chi connectivity index (χ0) is 13.0. The Morgan fingerprint density at radius 2 is 2.06 bits per heavy atom. The van der Waals surface area contributed by atoms with Crippen LogP contribution in [-0.4, -0.2) is 32.8 Å². The number of hydrogen-bond acceptors (Lipinski definition) is 4. The highest BCUT2D eigenvalue weighted by Crippen LogP contribution is 2.44. The first kappa shape index (κ1) is 13.5. The zero-order valence-corrected chi connectivity index (χ0v) is 11.8. The standard InChI is InChI=1S/C13H25N5/c1-4-13(8-6-7-9-13)11(14-5-2)10-12-15-17-18(3)16-12/h11,14H,4-10H2,1-3H3. The largest absolute Gasteiger partial charge is 0.313 e. The quantitative estimate of drug-likeness (QED) is 0.836. The summed E-state index contributed by atoms with van der Waals surface area (Å²) in [6.45, 7) is 5.50. The van der Waals surface area contributed by atoms with Crippen molar-refractivity contribution in [3.8, 4) is 0 Å². The smallest absolute Gasteiger partial charge is 0.176 e. The molecule has 1 aliphatic carbocycles. The molecule has 1 unspecified atom stereocenters. The third kappa shape index (κ3) is 2.71. The van der Waals surface area contributed by atoms with Crippen LogP contribution >= 0.6 is 0 Å². The third-order valence-electron chi connectivity index (χ3n) is 4.43. The summed E-state index contributed by atoms with van der Waals surface area (Å²) >= 11 is 0. The summed E-state index contributed by atoms with van der Waals surface area (Å²) in [5.41, 5.74) is 0.440. The van der Waals surface area contributed by atoms with E-state index in [4.69, 9.17) is 0 Å². The molecule has 1 aliphatic rings. The van der Waals surface area contributed by atoms with Crippen LogP contribution in [0.25, 0.3) is 0 Å². The SMILES string of the molecule is CCNC(Cc1nnn(C)n1)C1(CC)CCCC1. The van der Waals surface area contributed by atoms with E-state index in [0.29, 0.717) is 11.5 Å². The number of rotatable bonds is 6. The Labute approximate surface area is 109 Å². The fourth-order valence-corrected chi connectivity index (χ4v) is 3.37. The lowest BCUT2D eigenvalue weighted by molar-refractivity contribution is 0.184. The van der Waals surface area contributed by atoms with Crippen molar-refractivity contribution in [3.63, 3.8) is 0 Å². The van der Waals surface area contributed by atoms with E-state index in [9.17, 15) is 0 Å². The number of likely N-dealkylation sites (N-methyl/N-ethyl adjacent to an activating group) is 1. The Balaban J connectivity index is 2.11. The Kier molecular flexibility index (Phi) is 4.32. The first-order valence-electron chi connectivity index (χ1n) is 7.16. The van der Waals surface area contributed by atoms with Crippen molar-refractivity contribution < 1.29 is 0 Å². The minimum absolute atomic E-state index is 0.440. The van der Waals surface area contributed by atoms with Crippen molar-refractivity contribution in [2.45, 2.75) is 58.4 Å². The first-order chi connectivity index (χ1) is 8.70. The van der Waals surface area contributed by atoms with E-state index in [0.717, 1.165) is 18.8 Å². The van der Waals surface area contributed by atoms with Gasteiger partial charge < -0.3 is 5.32 Å². The molecule has 0 saturated heterocycles. The van der Waals surface area contributed by atoms with Crippen LogP contribution in [-0.2, 0) is 13.5 Å². The summed E-state index contributed by atoms with van der Waals surface area (Å²) in [5.74, 6) is 0.864. The number of hydrogen-bond donors (Lipinski definition) is 1. The molecule has 18 heavy (non-hydrogen) atoms. The lowest BCUT2D eigenvalue weighted by atomic mass is 9.74. The van der Waals surface area contributed by atoms with Crippen LogP contribution in [0.2, 0.25) is 0 Å². The Hall–Kier alpha value is -0.970. The molecular weight excluding hydrogens is 226 g/mol. The van der Waals surface area contributed by atoms with Gasteiger partial charge in [0.25, 0.3) is 0 Å². The molecule has 0 aromatic carbocycles. The predicted molar refractivity (Wildman–Crippen MR) is 71.2 cm³/mol. The third-order valence-corrected chi connectivity index (χ3v) is 4.43. The van der Waals surface area contributed by atoms with Gasteiger partial charge in [-0.25, -0.2) is 0 Å². The summed E-state index contributed by atoms with van der Waals surface area (Å²) in [7, 11) is 1.82. The van der Waals surface area contributed by atoms with Crippen LogP contribution in [0.4, 0.5) is 0 Å². The molecule has 0 bridgehead atoms. The molecule has 5 heteroatoms. The fraction of sp³-hybridized carbons (Fsp3) is 0.923. The van der Waals surface area contributed by atoms with E-state index < -0.39 is 0 Å². The van der Waals surface area contributed by atoms with Gasteiger partial charge >= 0.3 is 0 Å². The maximum Gasteiger partial charge on any atom is 0.176 e. The maximum absolute atomic E-state index is 4.32. The number of tetrazole rings is 1. The van der Waals surface area contributed by atoms with Gasteiger partial charge in [-0.3, -0.25) is 0 Å². The molecule has 1 atom stereocenters. The van der Waals surface area contributed by atoms with Crippen molar-refractivity contribution in [1.29, 1.82) is 0 Å². The lowest BCUT2D eigenvalue weighted by Gasteiger charge is -2.37. The molecule has 1 aromatic heterocycles. The summed E-state index contributed by atoms with van der Waals surface area (Å²) in [4.78, 5) is 1.55. The van der Waals surface area contributed by atoms with E-state index >= 15 is 0 Å². The first-order valence-corrected chi connectivity index (χ1v) is 7.16. The van der Waals surface area contributed by atoms with Crippen molar-refractivity contribution in [3.05, 3.63) is 5.82 Å². The molecule has 1 saturated carbocycles. The normalized spacial score (nSPS) is 20.2. The number of nitrogens with one attached hydrogen (secondary N) is 1. The maximum atomic E-state index is 4.32. The molecular formula is C13H25N5. The molecule has 0 radical (unpaired) electrons. The van der Waals surface area contributed by atoms with Gasteiger partial charge in [-0.1, -0.05) is 26.7 Å². The highest BCUT2D eigenvalue weighted by Gasteiger charge is 2.39. The second-order valence-corrected chi connectivity index (χ2v) is 5.43. The van der Waals surface area contributed by atoms with Gasteiger partial charge in [-0.15, -0.1) is 10.2 Å². The molecule has 0 aliphatic heterocycles. The van der Waals surface area contributed by atoms with Crippen LogP contribution in [0.5, 0.6) is 0 Å². The molecule has 1 heterocycles. The molecule has 1 N–H and O–H groups in total. The van der Waals surface area contributed by atoms with Crippen molar-refractivity contribution in [2.24, 2.45) is 12.5 Å². The highest BCUT2D eigenvalue weighted by molar-refractivity contribution is 4.98. The van der Waals surface area contributed by atoms with E-state index in [1.165, 1.54) is 32.1 Å². The van der Waals surface area contributed by atoms with E-state index in [1.54, 1.807) is 4.80 Å². The van der Waals surface area contributed by atoms with Gasteiger partial charge in [-0.05, 0) is 36.4 Å². The summed E-state index contributed by atoms with van der Waals surface area (Å²) in [6.07, 6.45) is 7.54. The molecule has 0 spiro atoms. The Morgan fingerprint density at radius 3 is 2.56 bits per heavy atom. The summed E-state index contributed by atoms with van der Waals surface area (Å²) in [5, 5.41) is 16.1. The van der Waals surface area contributed by atoms with E-state index in [2.05, 4.69) is 34.6 Å². The van der Waals surface area contributed by atoms with Gasteiger partial charge in [0, 0.05) is 12.5 Å². The van der Waals surface area contributed by atoms with Gasteiger partial charge in [0.2, 0.25) is 0 Å². The fourth-order valence-electron chi connectivity index (χ4n) is 3.37. The second kappa shape index (κ2) is 5.78. The molecule has 2 rings (SSSR count). The topological polar surface area (TPSA) is 55.6 Å². The van der Waals surface area contributed by atoms with Crippen LogP contribution in [0, 0.1) is 5.41 Å². The van der Waals surface area contributed by atoms with Crippen molar-refractivity contribution in [1.82, 2.24) is 25.5 Å². The molecule has 1 fully saturated rings. The van der Waals surface area contributed by atoms with E-state index in [1.807, 2.05) is 7.05 Å². The van der Waals surface area contributed by atoms with Crippen LogP contribution in [0.3, 0.4) is 0 Å². The Morgan fingerprint density at radius 1 is 1.33 bits per heavy atom. The lowest BCUT2D eigenvalue weighted by Crippen LogP contribution is -2.45. The molecule has 0 amide bonds. The monoisotopic (exact) mass is 251 g/mol. The van der Waals surface area contributed by atoms with Crippen molar-refractivity contribution in [2.75, 3.05) is 6.54 Å². The minimum atomic E-state index is 0.440. The van der Waals surface area contributed by atoms with Gasteiger partial charge in [0.05, 0.1) is 7.05 Å². The van der Waals surface area contributed by atoms with Gasteiger partial charge in [-0.2, -0.15) is 4.80 Å².